The van der Waals surface area contributed by atoms with E-state index in [9.17, 15) is 9.36 Å². The van der Waals surface area contributed by atoms with Crippen molar-refractivity contribution in [2.24, 2.45) is 5.92 Å². The van der Waals surface area contributed by atoms with Crippen LogP contribution in [0.4, 0.5) is 0 Å². The van der Waals surface area contributed by atoms with E-state index in [-0.39, 0.29) is 17.6 Å². The van der Waals surface area contributed by atoms with Gasteiger partial charge in [-0.1, -0.05) is 13.8 Å². The summed E-state index contributed by atoms with van der Waals surface area (Å²) in [4.78, 5) is 25.1. The molecule has 8 nitrogen and oxygen atoms in total. The summed E-state index contributed by atoms with van der Waals surface area (Å²) in [6.45, 7) is 3.90. The van der Waals surface area contributed by atoms with Gasteiger partial charge in [0.1, 0.15) is 0 Å². The lowest BCUT2D eigenvalue weighted by atomic mass is 9.99. The fourth-order valence-electron chi connectivity index (χ4n) is 2.94. The summed E-state index contributed by atoms with van der Waals surface area (Å²) in [6.07, 6.45) is 4.10. The van der Waals surface area contributed by atoms with E-state index in [1.807, 2.05) is 13.8 Å². The van der Waals surface area contributed by atoms with E-state index in [1.165, 1.54) is 16.7 Å². The summed E-state index contributed by atoms with van der Waals surface area (Å²) < 4.78 is 25.4. The van der Waals surface area contributed by atoms with Gasteiger partial charge in [0.2, 0.25) is 5.78 Å². The van der Waals surface area contributed by atoms with Crippen LogP contribution in [-0.2, 0) is 13.8 Å². The molecule has 0 spiro atoms. The van der Waals surface area contributed by atoms with Crippen molar-refractivity contribution in [3.05, 3.63) is 35.0 Å². The Morgan fingerprint density at radius 3 is 2.95 bits per heavy atom. The lowest BCUT2D eigenvalue weighted by Crippen LogP contribution is -2.28. The molecule has 9 heteroatoms. The largest absolute Gasteiger partial charge is 0.695 e. The molecule has 3 heterocycles. The number of fused-ring (bicyclic) bond motifs is 1. The SMILES string of the molecule is CC[C@H]1O[C@@H](n2ccc(=O)n3ccnc23)[C@H](O[P+](=O)O)[C@@H]1C. The molecule has 3 rings (SSSR count). The molecule has 1 unspecified atom stereocenters. The number of nitrogens with zero attached hydrogens (tertiary/aromatic N) is 3. The van der Waals surface area contributed by atoms with Gasteiger partial charge < -0.3 is 4.74 Å². The van der Waals surface area contributed by atoms with Crippen LogP contribution in [0.25, 0.3) is 5.78 Å². The van der Waals surface area contributed by atoms with Crippen LogP contribution in [0, 0.1) is 5.92 Å². The van der Waals surface area contributed by atoms with Crippen LogP contribution >= 0.6 is 8.25 Å². The third-order valence-electron chi connectivity index (χ3n) is 4.06. The molecule has 1 saturated heterocycles. The minimum Gasteiger partial charge on any atom is -0.351 e. The third-order valence-corrected chi connectivity index (χ3v) is 4.48. The Kier molecular flexibility index (Phi) is 4.10. The Labute approximate surface area is 127 Å². The minimum absolute atomic E-state index is 0.0597. The molecule has 1 aliphatic heterocycles. The Morgan fingerprint density at radius 1 is 1.50 bits per heavy atom. The predicted molar refractivity (Wildman–Crippen MR) is 77.5 cm³/mol. The average molecular weight is 326 g/mol. The van der Waals surface area contributed by atoms with Crippen LogP contribution in [0.3, 0.4) is 0 Å². The van der Waals surface area contributed by atoms with Crippen LogP contribution in [0.5, 0.6) is 0 Å². The number of hydrogen-bond acceptors (Lipinski definition) is 5. The first-order valence-electron chi connectivity index (χ1n) is 7.05. The number of hydrogen-bond donors (Lipinski definition) is 1. The van der Waals surface area contributed by atoms with Crippen molar-refractivity contribution in [2.45, 2.75) is 38.7 Å². The summed E-state index contributed by atoms with van der Waals surface area (Å²) in [5.41, 5.74) is -0.201. The van der Waals surface area contributed by atoms with Crippen molar-refractivity contribution in [2.75, 3.05) is 0 Å². The average Bonchev–Trinajstić information content (AvgIpc) is 3.07. The van der Waals surface area contributed by atoms with E-state index in [4.69, 9.17) is 14.2 Å². The zero-order valence-corrected chi connectivity index (χ0v) is 13.1. The van der Waals surface area contributed by atoms with Gasteiger partial charge >= 0.3 is 8.25 Å². The molecule has 1 aliphatic rings. The summed E-state index contributed by atoms with van der Waals surface area (Å²) in [5.74, 6) is 0.346. The quantitative estimate of drug-likeness (QED) is 0.855. The molecular weight excluding hydrogens is 309 g/mol. The van der Waals surface area contributed by atoms with Gasteiger partial charge in [-0.3, -0.25) is 13.8 Å². The number of ether oxygens (including phenoxy) is 1. The maximum absolute atomic E-state index is 11.8. The molecular formula is C13H17N3O5P+. The van der Waals surface area contributed by atoms with Crippen molar-refractivity contribution in [1.82, 2.24) is 14.0 Å². The molecule has 0 radical (unpaired) electrons. The van der Waals surface area contributed by atoms with Gasteiger partial charge in [-0.2, -0.15) is 0 Å². The summed E-state index contributed by atoms with van der Waals surface area (Å²) in [6, 6.07) is 1.40. The Morgan fingerprint density at radius 2 is 2.27 bits per heavy atom. The first-order chi connectivity index (χ1) is 10.5. The van der Waals surface area contributed by atoms with Gasteiger partial charge in [0, 0.05) is 35.1 Å². The van der Waals surface area contributed by atoms with Crippen molar-refractivity contribution < 1.29 is 18.7 Å². The summed E-state index contributed by atoms with van der Waals surface area (Å²) in [7, 11) is -2.75. The molecule has 1 N–H and O–H groups in total. The molecule has 0 amide bonds. The molecule has 118 valence electrons. The Hall–Kier alpha value is -1.60. The second-order valence-corrected chi connectivity index (χ2v) is 5.99. The van der Waals surface area contributed by atoms with Crippen LogP contribution in [0.1, 0.15) is 26.5 Å². The highest BCUT2D eigenvalue weighted by molar-refractivity contribution is 7.32. The second-order valence-electron chi connectivity index (χ2n) is 5.30. The Bertz CT molecular complexity index is 757. The normalized spacial score (nSPS) is 29.1. The fraction of sp³-hybridized carbons (Fsp3) is 0.538. The molecule has 5 atom stereocenters. The molecule has 0 aliphatic carbocycles. The fourth-order valence-corrected chi connectivity index (χ4v) is 3.45. The van der Waals surface area contributed by atoms with Crippen LogP contribution in [-0.4, -0.2) is 31.1 Å². The predicted octanol–water partition coefficient (Wildman–Crippen LogP) is 1.47. The molecule has 22 heavy (non-hydrogen) atoms. The van der Waals surface area contributed by atoms with Gasteiger partial charge in [-0.25, -0.2) is 4.98 Å². The first-order valence-corrected chi connectivity index (χ1v) is 8.18. The smallest absolute Gasteiger partial charge is 0.351 e. The van der Waals surface area contributed by atoms with E-state index >= 15 is 0 Å². The summed E-state index contributed by atoms with van der Waals surface area (Å²) in [5, 5.41) is 0. The van der Waals surface area contributed by atoms with Crippen LogP contribution in [0.15, 0.2) is 29.5 Å². The van der Waals surface area contributed by atoms with Crippen molar-refractivity contribution in [3.8, 4) is 0 Å². The number of rotatable bonds is 4. The highest BCUT2D eigenvalue weighted by Crippen LogP contribution is 2.41. The number of aromatic nitrogens is 3. The van der Waals surface area contributed by atoms with Gasteiger partial charge in [0.15, 0.2) is 12.3 Å². The zero-order valence-electron chi connectivity index (χ0n) is 12.2. The topological polar surface area (TPSA) is 95.1 Å². The lowest BCUT2D eigenvalue weighted by Gasteiger charge is -2.19. The van der Waals surface area contributed by atoms with Gasteiger partial charge in [-0.15, -0.1) is 9.42 Å². The van der Waals surface area contributed by atoms with Crippen LogP contribution < -0.4 is 5.56 Å². The first kappa shape index (κ1) is 15.3. The van der Waals surface area contributed by atoms with E-state index in [0.717, 1.165) is 6.42 Å². The standard InChI is InChI=1S/C13H16N3O5P/c1-3-9-8(2)11(21-22(18)19)12(20-9)16-6-4-10(17)15-7-5-14-13(15)16/h4-9,11-12H,3H2,1-2H3/p+1/t8-,9-,11-,12-/m1/s1. The zero-order chi connectivity index (χ0) is 15.9. The van der Waals surface area contributed by atoms with E-state index in [1.54, 1.807) is 17.0 Å². The van der Waals surface area contributed by atoms with Crippen molar-refractivity contribution in [1.29, 1.82) is 0 Å². The lowest BCUT2D eigenvalue weighted by molar-refractivity contribution is -0.0303. The molecule has 1 fully saturated rings. The third kappa shape index (κ3) is 2.48. The Balaban J connectivity index is 2.07. The van der Waals surface area contributed by atoms with Crippen molar-refractivity contribution in [3.63, 3.8) is 0 Å². The highest BCUT2D eigenvalue weighted by Gasteiger charge is 2.47. The molecule has 2 aromatic rings. The van der Waals surface area contributed by atoms with Gasteiger partial charge in [0.25, 0.3) is 5.56 Å². The summed E-state index contributed by atoms with van der Waals surface area (Å²) >= 11 is 0. The molecule has 0 bridgehead atoms. The molecule has 2 aromatic heterocycles. The highest BCUT2D eigenvalue weighted by atomic mass is 31.1. The molecule has 0 aromatic carbocycles. The van der Waals surface area contributed by atoms with E-state index < -0.39 is 20.6 Å². The van der Waals surface area contributed by atoms with E-state index in [2.05, 4.69) is 4.98 Å². The van der Waals surface area contributed by atoms with Crippen molar-refractivity contribution >= 4 is 14.0 Å². The molecule has 0 saturated carbocycles. The number of imidazole rings is 1. The van der Waals surface area contributed by atoms with Crippen LogP contribution in [0.2, 0.25) is 0 Å². The minimum atomic E-state index is -2.75. The second kappa shape index (κ2) is 5.89. The maximum Gasteiger partial charge on any atom is 0.695 e. The van der Waals surface area contributed by atoms with Gasteiger partial charge in [-0.05, 0) is 6.42 Å². The maximum atomic E-state index is 11.8. The monoisotopic (exact) mass is 326 g/mol. The van der Waals surface area contributed by atoms with Gasteiger partial charge in [0.05, 0.1) is 6.10 Å². The van der Waals surface area contributed by atoms with E-state index in [0.29, 0.717) is 5.78 Å².